The molecule has 2 aromatic heterocycles. The Hall–Kier alpha value is -2.75. The number of carbonyl (C=O) groups excluding carboxylic acids is 1. The lowest BCUT2D eigenvalue weighted by atomic mass is 10.2. The van der Waals surface area contributed by atoms with Gasteiger partial charge in [0.2, 0.25) is 15.0 Å². The molecule has 0 saturated carbocycles. The van der Waals surface area contributed by atoms with E-state index in [1.807, 2.05) is 29.6 Å². The molecule has 7 nitrogen and oxygen atoms in total. The first-order valence-corrected chi connectivity index (χ1v) is 13.4. The molecule has 33 heavy (non-hydrogen) atoms. The molecule has 9 heteroatoms. The van der Waals surface area contributed by atoms with Crippen LogP contribution in [0.4, 0.5) is 0 Å². The fourth-order valence-electron chi connectivity index (χ4n) is 3.95. The summed E-state index contributed by atoms with van der Waals surface area (Å²) < 4.78 is 33.8. The predicted octanol–water partition coefficient (Wildman–Crippen LogP) is 3.93. The minimum Gasteiger partial charge on any atom is -0.376 e. The van der Waals surface area contributed by atoms with Crippen LogP contribution in [0, 0.1) is 0 Å². The predicted molar refractivity (Wildman–Crippen MR) is 128 cm³/mol. The molecule has 1 amide bonds. The zero-order valence-electron chi connectivity index (χ0n) is 18.3. The summed E-state index contributed by atoms with van der Waals surface area (Å²) in [6.45, 7) is 5.43. The molecule has 3 heterocycles. The summed E-state index contributed by atoms with van der Waals surface area (Å²) in [5.74, 6) is -0.240. The third kappa shape index (κ3) is 5.61. The Bertz CT molecular complexity index is 1180. The van der Waals surface area contributed by atoms with E-state index in [1.165, 1.54) is 11.3 Å². The Labute approximate surface area is 198 Å². The van der Waals surface area contributed by atoms with Gasteiger partial charge in [0.25, 0.3) is 5.91 Å². The number of aromatic nitrogens is 2. The summed E-state index contributed by atoms with van der Waals surface area (Å²) in [5.41, 5.74) is 1.34. The standard InChI is InChI=1S/C24H27N3O4S2/c1-2-12-27-20(15-25-24(27)33(29,30)18-19-8-4-3-5-9-19)16-26(17-21-10-6-13-31-21)23(28)22-11-7-14-32-22/h2-5,7-9,11,14-15,21H,1,6,10,12-13,16-18H2/t21-/m0/s1. The highest BCUT2D eigenvalue weighted by atomic mass is 32.2. The quantitative estimate of drug-likeness (QED) is 0.407. The van der Waals surface area contributed by atoms with Crippen LogP contribution in [-0.4, -0.2) is 48.0 Å². The molecule has 0 unspecified atom stereocenters. The molecule has 1 aliphatic heterocycles. The van der Waals surface area contributed by atoms with Gasteiger partial charge in [-0.2, -0.15) is 0 Å². The van der Waals surface area contributed by atoms with Crippen LogP contribution in [0.1, 0.15) is 33.8 Å². The Morgan fingerprint density at radius 2 is 2.09 bits per heavy atom. The van der Waals surface area contributed by atoms with Crippen molar-refractivity contribution >= 4 is 27.1 Å². The summed E-state index contributed by atoms with van der Waals surface area (Å²) in [7, 11) is -3.69. The molecule has 1 aliphatic rings. The molecule has 1 saturated heterocycles. The molecular formula is C24H27N3O4S2. The number of thiophene rings is 1. The van der Waals surface area contributed by atoms with Gasteiger partial charge in [0, 0.05) is 19.7 Å². The largest absolute Gasteiger partial charge is 0.376 e. The molecule has 0 radical (unpaired) electrons. The number of ether oxygens (including phenoxy) is 1. The average Bonchev–Trinajstić information content (AvgIpc) is 3.57. The Morgan fingerprint density at radius 3 is 2.76 bits per heavy atom. The second-order valence-corrected chi connectivity index (χ2v) is 10.8. The summed E-state index contributed by atoms with van der Waals surface area (Å²) >= 11 is 1.39. The maximum absolute atomic E-state index is 13.2. The molecule has 1 aromatic carbocycles. The summed E-state index contributed by atoms with van der Waals surface area (Å²) in [5, 5.41) is 1.86. The number of hydrogen-bond acceptors (Lipinski definition) is 6. The Morgan fingerprint density at radius 1 is 1.27 bits per heavy atom. The fraction of sp³-hybridized carbons (Fsp3) is 0.333. The lowest BCUT2D eigenvalue weighted by molar-refractivity contribution is 0.0505. The third-order valence-electron chi connectivity index (χ3n) is 5.51. The second kappa shape index (κ2) is 10.5. The van der Waals surface area contributed by atoms with E-state index >= 15 is 0 Å². The molecular weight excluding hydrogens is 458 g/mol. The zero-order valence-corrected chi connectivity index (χ0v) is 19.9. The van der Waals surface area contributed by atoms with Crippen LogP contribution in [0.3, 0.4) is 0 Å². The molecule has 0 spiro atoms. The zero-order chi connectivity index (χ0) is 23.3. The van der Waals surface area contributed by atoms with Gasteiger partial charge in [0.15, 0.2) is 0 Å². The van der Waals surface area contributed by atoms with Crippen LogP contribution in [0.2, 0.25) is 0 Å². The van der Waals surface area contributed by atoms with Crippen molar-refractivity contribution in [2.75, 3.05) is 13.2 Å². The molecule has 1 fully saturated rings. The van der Waals surface area contributed by atoms with Crippen molar-refractivity contribution in [3.8, 4) is 0 Å². The van der Waals surface area contributed by atoms with Crippen LogP contribution < -0.4 is 0 Å². The number of benzene rings is 1. The van der Waals surface area contributed by atoms with Crippen molar-refractivity contribution in [3.63, 3.8) is 0 Å². The maximum atomic E-state index is 13.2. The van der Waals surface area contributed by atoms with Crippen molar-refractivity contribution in [2.24, 2.45) is 0 Å². The molecule has 174 valence electrons. The normalized spacial score (nSPS) is 16.1. The van der Waals surface area contributed by atoms with E-state index in [0.717, 1.165) is 12.8 Å². The highest BCUT2D eigenvalue weighted by molar-refractivity contribution is 7.90. The van der Waals surface area contributed by atoms with Gasteiger partial charge < -0.3 is 14.2 Å². The van der Waals surface area contributed by atoms with Crippen LogP contribution in [0.5, 0.6) is 0 Å². The third-order valence-corrected chi connectivity index (χ3v) is 7.96. The molecule has 0 bridgehead atoms. The highest BCUT2D eigenvalue weighted by Gasteiger charge is 2.28. The van der Waals surface area contributed by atoms with Crippen LogP contribution in [0.25, 0.3) is 0 Å². The van der Waals surface area contributed by atoms with E-state index in [2.05, 4.69) is 11.6 Å². The van der Waals surface area contributed by atoms with E-state index in [-0.39, 0.29) is 36.0 Å². The first-order valence-electron chi connectivity index (χ1n) is 10.8. The van der Waals surface area contributed by atoms with Gasteiger partial charge in [-0.25, -0.2) is 13.4 Å². The van der Waals surface area contributed by atoms with Crippen molar-refractivity contribution < 1.29 is 17.9 Å². The monoisotopic (exact) mass is 485 g/mol. The number of imidazole rings is 1. The highest BCUT2D eigenvalue weighted by Crippen LogP contribution is 2.22. The lowest BCUT2D eigenvalue weighted by Crippen LogP contribution is -2.37. The molecule has 0 aliphatic carbocycles. The topological polar surface area (TPSA) is 81.5 Å². The van der Waals surface area contributed by atoms with E-state index in [0.29, 0.717) is 29.3 Å². The van der Waals surface area contributed by atoms with Crippen LogP contribution in [0.15, 0.2) is 71.9 Å². The molecule has 3 aromatic rings. The molecule has 4 rings (SSSR count). The Kier molecular flexibility index (Phi) is 7.42. The van der Waals surface area contributed by atoms with Crippen molar-refractivity contribution in [2.45, 2.75) is 42.9 Å². The number of rotatable bonds is 10. The van der Waals surface area contributed by atoms with E-state index < -0.39 is 9.84 Å². The van der Waals surface area contributed by atoms with Crippen molar-refractivity contribution in [1.82, 2.24) is 14.5 Å². The number of hydrogen-bond donors (Lipinski definition) is 0. The Balaban J connectivity index is 1.62. The van der Waals surface area contributed by atoms with Gasteiger partial charge in [-0.15, -0.1) is 17.9 Å². The smallest absolute Gasteiger partial charge is 0.264 e. The summed E-state index contributed by atoms with van der Waals surface area (Å²) in [6.07, 6.45) is 5.04. The van der Waals surface area contributed by atoms with E-state index in [1.54, 1.807) is 39.9 Å². The van der Waals surface area contributed by atoms with Gasteiger partial charge in [0.05, 0.1) is 35.2 Å². The maximum Gasteiger partial charge on any atom is 0.264 e. The SMILES string of the molecule is C=CCn1c(CN(C[C@@H]2CCCO2)C(=O)c2cccs2)cnc1S(=O)(=O)Cc1ccccc1. The summed E-state index contributed by atoms with van der Waals surface area (Å²) in [6, 6.07) is 12.7. The molecule has 0 N–H and O–H groups in total. The van der Waals surface area contributed by atoms with Gasteiger partial charge in [-0.1, -0.05) is 42.5 Å². The summed E-state index contributed by atoms with van der Waals surface area (Å²) in [4.78, 5) is 19.9. The number of nitrogens with zero attached hydrogens (tertiary/aromatic N) is 3. The van der Waals surface area contributed by atoms with Crippen LogP contribution >= 0.6 is 11.3 Å². The van der Waals surface area contributed by atoms with Gasteiger partial charge in [0.1, 0.15) is 0 Å². The van der Waals surface area contributed by atoms with Crippen molar-refractivity contribution in [1.29, 1.82) is 0 Å². The second-order valence-electron chi connectivity index (χ2n) is 7.97. The fourth-order valence-corrected chi connectivity index (χ4v) is 6.15. The first kappa shape index (κ1) is 23.4. The van der Waals surface area contributed by atoms with Gasteiger partial charge in [-0.3, -0.25) is 4.79 Å². The minimum atomic E-state index is -3.69. The number of sulfone groups is 1. The van der Waals surface area contributed by atoms with Gasteiger partial charge in [-0.05, 0) is 29.9 Å². The molecule has 1 atom stereocenters. The van der Waals surface area contributed by atoms with E-state index in [4.69, 9.17) is 4.74 Å². The minimum absolute atomic E-state index is 0.0121. The lowest BCUT2D eigenvalue weighted by Gasteiger charge is -2.25. The van der Waals surface area contributed by atoms with Gasteiger partial charge >= 0.3 is 0 Å². The number of allylic oxidation sites excluding steroid dienone is 1. The van der Waals surface area contributed by atoms with Crippen molar-refractivity contribution in [3.05, 3.63) is 82.8 Å². The average molecular weight is 486 g/mol. The number of amides is 1. The van der Waals surface area contributed by atoms with E-state index in [9.17, 15) is 13.2 Å². The first-order chi connectivity index (χ1) is 16.0. The number of carbonyl (C=O) groups is 1. The van der Waals surface area contributed by atoms with Crippen LogP contribution in [-0.2, 0) is 33.4 Å².